The monoisotopic (exact) mass is 365 g/mol. The summed E-state index contributed by atoms with van der Waals surface area (Å²) in [5, 5.41) is 0. The van der Waals surface area contributed by atoms with Crippen molar-refractivity contribution >= 4 is 26.0 Å². The Labute approximate surface area is 129 Å². The third-order valence-corrected chi connectivity index (χ3v) is 5.39. The van der Waals surface area contributed by atoms with Crippen LogP contribution in [0.4, 0.5) is 0 Å². The number of hydrogen-bond donors (Lipinski definition) is 0. The molecule has 0 radical (unpaired) electrons. The summed E-state index contributed by atoms with van der Waals surface area (Å²) in [4.78, 5) is 0.239. The van der Waals surface area contributed by atoms with Crippen LogP contribution in [0.2, 0.25) is 0 Å². The molecule has 0 heterocycles. The molecule has 0 bridgehead atoms. The third-order valence-electron chi connectivity index (χ3n) is 2.80. The Balaban J connectivity index is 2.98. The van der Waals surface area contributed by atoms with Crippen molar-refractivity contribution in [3.05, 3.63) is 22.7 Å². The second kappa shape index (κ2) is 7.97. The molecule has 114 valence electrons. The van der Waals surface area contributed by atoms with Crippen LogP contribution in [0.3, 0.4) is 0 Å². The second-order valence-electron chi connectivity index (χ2n) is 3.99. The van der Waals surface area contributed by atoms with Crippen LogP contribution in [0.25, 0.3) is 0 Å². The van der Waals surface area contributed by atoms with Crippen molar-refractivity contribution in [1.29, 1.82) is 0 Å². The number of halogens is 1. The average molecular weight is 366 g/mol. The number of sulfonamides is 1. The topological polar surface area (TPSA) is 55.8 Å². The van der Waals surface area contributed by atoms with Gasteiger partial charge in [-0.05, 0) is 41.1 Å². The lowest BCUT2D eigenvalue weighted by molar-refractivity contribution is 0.135. The first kappa shape index (κ1) is 17.4. The van der Waals surface area contributed by atoms with E-state index < -0.39 is 10.0 Å². The van der Waals surface area contributed by atoms with Crippen molar-refractivity contribution in [2.75, 3.05) is 33.4 Å². The molecule has 0 aliphatic heterocycles. The molecule has 0 atom stereocenters. The van der Waals surface area contributed by atoms with Crippen molar-refractivity contribution in [2.24, 2.45) is 0 Å². The van der Waals surface area contributed by atoms with E-state index in [1.54, 1.807) is 18.2 Å². The highest BCUT2D eigenvalue weighted by Gasteiger charge is 2.23. The summed E-state index contributed by atoms with van der Waals surface area (Å²) in [6.07, 6.45) is 0. The van der Waals surface area contributed by atoms with Crippen LogP contribution in [0.1, 0.15) is 13.8 Å². The Bertz CT molecular complexity index is 533. The molecule has 0 aliphatic rings. The minimum absolute atomic E-state index is 0.239. The van der Waals surface area contributed by atoms with Crippen LogP contribution in [0.15, 0.2) is 27.6 Å². The van der Waals surface area contributed by atoms with E-state index in [4.69, 9.17) is 9.47 Å². The SMILES string of the molecule is CCOCCN(CC)S(=O)(=O)c1ccc(OC)c(Br)c1. The molecule has 20 heavy (non-hydrogen) atoms. The van der Waals surface area contributed by atoms with E-state index in [9.17, 15) is 8.42 Å². The van der Waals surface area contributed by atoms with Crippen LogP contribution in [-0.4, -0.2) is 46.1 Å². The standard InChI is InChI=1S/C13H20BrNO4S/c1-4-15(8-9-19-5-2)20(16,17)11-6-7-13(18-3)12(14)10-11/h6-7,10H,4-5,8-9H2,1-3H3. The minimum atomic E-state index is -3.51. The number of hydrogen-bond acceptors (Lipinski definition) is 4. The molecule has 1 aromatic carbocycles. The zero-order valence-electron chi connectivity index (χ0n) is 11.9. The van der Waals surface area contributed by atoms with Crippen molar-refractivity contribution in [1.82, 2.24) is 4.31 Å². The lowest BCUT2D eigenvalue weighted by Gasteiger charge is -2.20. The molecule has 0 saturated heterocycles. The highest BCUT2D eigenvalue weighted by Crippen LogP contribution is 2.28. The van der Waals surface area contributed by atoms with Crippen LogP contribution in [0, 0.1) is 0 Å². The summed E-state index contributed by atoms with van der Waals surface area (Å²) in [5.74, 6) is 0.598. The van der Waals surface area contributed by atoms with Gasteiger partial charge >= 0.3 is 0 Å². The van der Waals surface area contributed by atoms with Crippen LogP contribution in [-0.2, 0) is 14.8 Å². The van der Waals surface area contributed by atoms with Crippen LogP contribution < -0.4 is 4.74 Å². The predicted octanol–water partition coefficient (Wildman–Crippen LogP) is 2.50. The Morgan fingerprint density at radius 3 is 2.50 bits per heavy atom. The summed E-state index contributed by atoms with van der Waals surface area (Å²) in [5.41, 5.74) is 0. The fourth-order valence-corrected chi connectivity index (χ4v) is 3.87. The summed E-state index contributed by atoms with van der Waals surface area (Å²) < 4.78 is 37.4. The first-order valence-corrected chi connectivity index (χ1v) is 8.62. The summed E-state index contributed by atoms with van der Waals surface area (Å²) in [6.45, 7) is 5.40. The highest BCUT2D eigenvalue weighted by molar-refractivity contribution is 9.10. The second-order valence-corrected chi connectivity index (χ2v) is 6.78. The maximum absolute atomic E-state index is 12.5. The molecule has 0 amide bonds. The van der Waals surface area contributed by atoms with Gasteiger partial charge in [0.05, 0.1) is 23.1 Å². The van der Waals surface area contributed by atoms with Gasteiger partial charge in [-0.1, -0.05) is 6.92 Å². The molecule has 7 heteroatoms. The zero-order valence-corrected chi connectivity index (χ0v) is 14.3. The quantitative estimate of drug-likeness (QED) is 0.664. The predicted molar refractivity (Wildman–Crippen MR) is 81.6 cm³/mol. The van der Waals surface area contributed by atoms with Gasteiger partial charge in [-0.25, -0.2) is 8.42 Å². The molecule has 0 saturated carbocycles. The molecular formula is C13H20BrNO4S. The Kier molecular flexibility index (Phi) is 6.94. The first-order valence-electron chi connectivity index (χ1n) is 6.38. The number of rotatable bonds is 8. The van der Waals surface area contributed by atoms with E-state index in [1.807, 2.05) is 13.8 Å². The van der Waals surface area contributed by atoms with E-state index in [2.05, 4.69) is 15.9 Å². The lowest BCUT2D eigenvalue weighted by atomic mass is 10.3. The maximum atomic E-state index is 12.5. The van der Waals surface area contributed by atoms with Gasteiger partial charge in [0.25, 0.3) is 0 Å². The fourth-order valence-electron chi connectivity index (χ4n) is 1.72. The van der Waals surface area contributed by atoms with Crippen molar-refractivity contribution < 1.29 is 17.9 Å². The van der Waals surface area contributed by atoms with Gasteiger partial charge in [0, 0.05) is 19.7 Å². The molecule has 5 nitrogen and oxygen atoms in total. The maximum Gasteiger partial charge on any atom is 0.243 e. The zero-order chi connectivity index (χ0) is 15.2. The lowest BCUT2D eigenvalue weighted by Crippen LogP contribution is -2.33. The number of nitrogens with zero attached hydrogens (tertiary/aromatic N) is 1. The first-order chi connectivity index (χ1) is 9.47. The number of benzene rings is 1. The summed E-state index contributed by atoms with van der Waals surface area (Å²) in [6, 6.07) is 4.73. The van der Waals surface area contributed by atoms with E-state index in [0.717, 1.165) is 0 Å². The van der Waals surface area contributed by atoms with Crippen molar-refractivity contribution in [3.8, 4) is 5.75 Å². The smallest absolute Gasteiger partial charge is 0.243 e. The van der Waals surface area contributed by atoms with E-state index in [-0.39, 0.29) is 4.90 Å². The van der Waals surface area contributed by atoms with E-state index >= 15 is 0 Å². The Hall–Kier alpha value is -0.630. The van der Waals surface area contributed by atoms with Gasteiger partial charge in [-0.2, -0.15) is 4.31 Å². The number of likely N-dealkylation sites (N-methyl/N-ethyl adjacent to an activating group) is 1. The van der Waals surface area contributed by atoms with Crippen molar-refractivity contribution in [3.63, 3.8) is 0 Å². The highest BCUT2D eigenvalue weighted by atomic mass is 79.9. The largest absolute Gasteiger partial charge is 0.496 e. The summed E-state index contributed by atoms with van der Waals surface area (Å²) >= 11 is 3.30. The molecule has 1 rings (SSSR count). The third kappa shape index (κ3) is 4.18. The van der Waals surface area contributed by atoms with Gasteiger partial charge in [-0.3, -0.25) is 0 Å². The molecule has 0 spiro atoms. The molecule has 0 unspecified atom stereocenters. The Morgan fingerprint density at radius 1 is 1.30 bits per heavy atom. The Morgan fingerprint density at radius 2 is 2.00 bits per heavy atom. The normalized spacial score (nSPS) is 11.8. The van der Waals surface area contributed by atoms with Crippen molar-refractivity contribution in [2.45, 2.75) is 18.7 Å². The fraction of sp³-hybridized carbons (Fsp3) is 0.538. The van der Waals surface area contributed by atoms with Gasteiger partial charge in [-0.15, -0.1) is 0 Å². The van der Waals surface area contributed by atoms with Gasteiger partial charge in [0.1, 0.15) is 5.75 Å². The van der Waals surface area contributed by atoms with Gasteiger partial charge in [0.2, 0.25) is 10.0 Å². The summed E-state index contributed by atoms with van der Waals surface area (Å²) in [7, 11) is -1.97. The minimum Gasteiger partial charge on any atom is -0.496 e. The van der Waals surface area contributed by atoms with Crippen LogP contribution in [0.5, 0.6) is 5.75 Å². The van der Waals surface area contributed by atoms with Gasteiger partial charge < -0.3 is 9.47 Å². The molecule has 0 aromatic heterocycles. The number of ether oxygens (including phenoxy) is 2. The van der Waals surface area contributed by atoms with E-state index in [1.165, 1.54) is 11.4 Å². The number of methoxy groups -OCH3 is 1. The van der Waals surface area contributed by atoms with Crippen LogP contribution >= 0.6 is 15.9 Å². The molecule has 0 fully saturated rings. The molecule has 0 aliphatic carbocycles. The van der Waals surface area contributed by atoms with Gasteiger partial charge in [0.15, 0.2) is 0 Å². The average Bonchev–Trinajstić information content (AvgIpc) is 2.43. The molecular weight excluding hydrogens is 346 g/mol. The molecule has 0 N–H and O–H groups in total. The van der Waals surface area contributed by atoms with E-state index in [0.29, 0.717) is 36.5 Å². The molecule has 1 aromatic rings.